The number of hydrogen-bond acceptors (Lipinski definition) is 8. The molecular formula is C35H36Cl2N6O6S. The Morgan fingerprint density at radius 1 is 0.940 bits per heavy atom. The van der Waals surface area contributed by atoms with E-state index in [0.29, 0.717) is 41.0 Å². The maximum absolute atomic E-state index is 14.1. The van der Waals surface area contributed by atoms with Gasteiger partial charge in [-0.2, -0.15) is 4.31 Å². The van der Waals surface area contributed by atoms with Crippen molar-refractivity contribution < 1.29 is 27.5 Å². The number of benzene rings is 3. The van der Waals surface area contributed by atoms with Crippen molar-refractivity contribution >= 4 is 61.8 Å². The van der Waals surface area contributed by atoms with Gasteiger partial charge >= 0.3 is 0 Å². The van der Waals surface area contributed by atoms with Crippen LogP contribution in [0.2, 0.25) is 10.0 Å². The number of amides is 2. The van der Waals surface area contributed by atoms with Crippen molar-refractivity contribution in [2.75, 3.05) is 39.3 Å². The van der Waals surface area contributed by atoms with Crippen molar-refractivity contribution in [1.82, 2.24) is 19.1 Å². The molecule has 262 valence electrons. The van der Waals surface area contributed by atoms with E-state index < -0.39 is 16.1 Å². The highest BCUT2D eigenvalue weighted by Gasteiger charge is 2.43. The van der Waals surface area contributed by atoms with E-state index in [1.165, 1.54) is 16.4 Å². The first-order valence-corrected chi connectivity index (χ1v) is 18.3. The lowest BCUT2D eigenvalue weighted by atomic mass is 10.2. The summed E-state index contributed by atoms with van der Waals surface area (Å²) in [6.45, 7) is 2.85. The average molecular weight is 740 g/mol. The molecule has 1 aromatic heterocycles. The van der Waals surface area contributed by atoms with Gasteiger partial charge in [-0.25, -0.2) is 13.4 Å². The molecule has 0 radical (unpaired) electrons. The van der Waals surface area contributed by atoms with E-state index >= 15 is 0 Å². The van der Waals surface area contributed by atoms with E-state index in [0.717, 1.165) is 11.1 Å². The van der Waals surface area contributed by atoms with Crippen molar-refractivity contribution in [2.45, 2.75) is 37.3 Å². The van der Waals surface area contributed by atoms with Gasteiger partial charge in [0.05, 0.1) is 5.02 Å². The number of carbonyl (C=O) groups is 2. The summed E-state index contributed by atoms with van der Waals surface area (Å²) in [4.78, 5) is 34.2. The summed E-state index contributed by atoms with van der Waals surface area (Å²) < 4.78 is 41.1. The van der Waals surface area contributed by atoms with Crippen LogP contribution < -0.4 is 15.2 Å². The largest absolute Gasteiger partial charge is 0.487 e. The van der Waals surface area contributed by atoms with Gasteiger partial charge in [0.15, 0.2) is 6.61 Å². The topological polar surface area (TPSA) is 159 Å². The fourth-order valence-electron chi connectivity index (χ4n) is 6.15. The number of aromatic nitrogens is 1. The van der Waals surface area contributed by atoms with Crippen LogP contribution in [-0.2, 0) is 26.2 Å². The normalized spacial score (nSPS) is 16.8. The fourth-order valence-corrected chi connectivity index (χ4v) is 8.66. The molecule has 2 saturated heterocycles. The number of para-hydroxylation sites is 1. The molecule has 0 spiro atoms. The summed E-state index contributed by atoms with van der Waals surface area (Å²) >= 11 is 13.3. The number of fused-ring (bicyclic) bond motifs is 1. The van der Waals surface area contributed by atoms with E-state index in [1.54, 1.807) is 40.1 Å². The third-order valence-electron chi connectivity index (χ3n) is 8.89. The van der Waals surface area contributed by atoms with Crippen LogP contribution in [0.4, 0.5) is 0 Å². The van der Waals surface area contributed by atoms with Gasteiger partial charge in [0.1, 0.15) is 40.4 Å². The van der Waals surface area contributed by atoms with E-state index in [1.807, 2.05) is 31.2 Å². The van der Waals surface area contributed by atoms with E-state index in [2.05, 4.69) is 4.98 Å². The molecule has 2 aliphatic rings. The molecule has 3 aromatic carbocycles. The summed E-state index contributed by atoms with van der Waals surface area (Å²) in [5.41, 5.74) is 7.82. The minimum absolute atomic E-state index is 0.0620. The van der Waals surface area contributed by atoms with E-state index in [9.17, 15) is 18.0 Å². The number of aryl methyl sites for hydroxylation is 1. The van der Waals surface area contributed by atoms with E-state index in [4.69, 9.17) is 43.8 Å². The molecule has 2 fully saturated rings. The quantitative estimate of drug-likeness (QED) is 0.176. The Balaban J connectivity index is 1.10. The van der Waals surface area contributed by atoms with Gasteiger partial charge in [-0.15, -0.1) is 0 Å². The molecule has 3 N–H and O–H groups in total. The van der Waals surface area contributed by atoms with Crippen LogP contribution in [0.1, 0.15) is 29.7 Å². The number of piperazine rings is 1. The number of rotatable bonds is 10. The van der Waals surface area contributed by atoms with Crippen LogP contribution in [0.15, 0.2) is 71.6 Å². The highest BCUT2D eigenvalue weighted by Crippen LogP contribution is 2.37. The number of amidine groups is 1. The number of nitrogen functional groups attached to an aromatic ring is 1. The minimum atomic E-state index is -4.20. The van der Waals surface area contributed by atoms with Crippen LogP contribution in [0.5, 0.6) is 11.5 Å². The molecule has 6 rings (SSSR count). The number of halogens is 2. The SMILES string of the molecule is Cc1ccc2cccc(OCc3c(Cl)ccc(S(=O)(=O)N4CCC[C@H]4C(=O)N4CCN(C(=O)COc5ccc(C(=N)N)cc5)CC4)c3Cl)c2n1. The first-order valence-electron chi connectivity index (χ1n) is 16.1. The number of nitrogens with one attached hydrogen (secondary N) is 1. The third-order valence-corrected chi connectivity index (χ3v) is 11.7. The molecular weight excluding hydrogens is 703 g/mol. The van der Waals surface area contributed by atoms with Gasteiger partial charge in [-0.1, -0.05) is 41.4 Å². The van der Waals surface area contributed by atoms with Crippen LogP contribution in [-0.4, -0.2) is 90.5 Å². The summed E-state index contributed by atoms with van der Waals surface area (Å²) in [7, 11) is -4.20. The summed E-state index contributed by atoms with van der Waals surface area (Å²) in [6.07, 6.45) is 0.871. The molecule has 12 nitrogen and oxygen atoms in total. The molecule has 50 heavy (non-hydrogen) atoms. The lowest BCUT2D eigenvalue weighted by Gasteiger charge is -2.37. The predicted molar refractivity (Wildman–Crippen MR) is 190 cm³/mol. The van der Waals surface area contributed by atoms with Crippen LogP contribution in [0.3, 0.4) is 0 Å². The zero-order valence-electron chi connectivity index (χ0n) is 27.3. The van der Waals surface area contributed by atoms with Gasteiger partial charge in [-0.05, 0) is 68.3 Å². The van der Waals surface area contributed by atoms with Crippen molar-refractivity contribution in [1.29, 1.82) is 5.41 Å². The highest BCUT2D eigenvalue weighted by atomic mass is 35.5. The van der Waals surface area contributed by atoms with Crippen LogP contribution >= 0.6 is 23.2 Å². The third kappa shape index (κ3) is 7.36. The highest BCUT2D eigenvalue weighted by molar-refractivity contribution is 7.89. The first-order chi connectivity index (χ1) is 23.9. The van der Waals surface area contributed by atoms with Gasteiger partial charge in [0, 0.05) is 60.0 Å². The fraction of sp³-hybridized carbons (Fsp3) is 0.314. The number of pyridine rings is 1. The monoisotopic (exact) mass is 738 g/mol. The second-order valence-electron chi connectivity index (χ2n) is 12.1. The average Bonchev–Trinajstić information content (AvgIpc) is 3.62. The molecule has 0 saturated carbocycles. The Morgan fingerprint density at radius 3 is 2.38 bits per heavy atom. The summed E-state index contributed by atoms with van der Waals surface area (Å²) in [5, 5.41) is 8.55. The zero-order chi connectivity index (χ0) is 35.6. The lowest BCUT2D eigenvalue weighted by molar-refractivity contribution is -0.142. The number of carbonyl (C=O) groups excluding carboxylic acids is 2. The van der Waals surface area contributed by atoms with Crippen molar-refractivity contribution in [3.05, 3.63) is 93.6 Å². The molecule has 0 bridgehead atoms. The maximum atomic E-state index is 14.1. The molecule has 2 aliphatic heterocycles. The molecule has 2 amide bonds. The minimum Gasteiger partial charge on any atom is -0.487 e. The summed E-state index contributed by atoms with van der Waals surface area (Å²) in [6, 6.07) is 17.9. The molecule has 0 unspecified atom stereocenters. The first kappa shape index (κ1) is 35.4. The smallest absolute Gasteiger partial charge is 0.260 e. The number of nitrogens with two attached hydrogens (primary N) is 1. The maximum Gasteiger partial charge on any atom is 0.260 e. The lowest BCUT2D eigenvalue weighted by Crippen LogP contribution is -2.55. The van der Waals surface area contributed by atoms with E-state index in [-0.39, 0.29) is 78.5 Å². The molecule has 4 aromatic rings. The Morgan fingerprint density at radius 2 is 1.66 bits per heavy atom. The van der Waals surface area contributed by atoms with Crippen molar-refractivity contribution in [3.8, 4) is 11.5 Å². The second kappa shape index (κ2) is 14.8. The van der Waals surface area contributed by atoms with Crippen molar-refractivity contribution in [2.24, 2.45) is 5.73 Å². The van der Waals surface area contributed by atoms with Gasteiger partial charge in [-0.3, -0.25) is 15.0 Å². The molecule has 1 atom stereocenters. The zero-order valence-corrected chi connectivity index (χ0v) is 29.6. The number of ether oxygens (including phenoxy) is 2. The van der Waals surface area contributed by atoms with Crippen LogP contribution in [0.25, 0.3) is 10.9 Å². The summed E-state index contributed by atoms with van der Waals surface area (Å²) in [5.74, 6) is 0.367. The molecule has 3 heterocycles. The Kier molecular flexibility index (Phi) is 10.5. The predicted octanol–water partition coefficient (Wildman–Crippen LogP) is 4.62. The Bertz CT molecular complexity index is 2050. The Hall–Kier alpha value is -4.43. The number of nitrogens with zero attached hydrogens (tertiary/aromatic N) is 4. The van der Waals surface area contributed by atoms with Gasteiger partial charge in [0.2, 0.25) is 15.9 Å². The Labute approximate surface area is 300 Å². The molecule has 15 heteroatoms. The van der Waals surface area contributed by atoms with Gasteiger partial charge < -0.3 is 25.0 Å². The van der Waals surface area contributed by atoms with Crippen LogP contribution in [0, 0.1) is 12.3 Å². The van der Waals surface area contributed by atoms with Gasteiger partial charge in [0.25, 0.3) is 5.91 Å². The molecule has 0 aliphatic carbocycles. The van der Waals surface area contributed by atoms with Crippen molar-refractivity contribution in [3.63, 3.8) is 0 Å². The standard InChI is InChI=1S/C35H36Cl2N6O6S/c1-22-7-8-23-4-2-6-29(33(23)40-22)49-20-26-27(36)13-14-30(32(26)37)50(46,47)43-15-3-5-28(43)35(45)42-18-16-41(17-19-42)31(44)21-48-25-11-9-24(10-12-25)34(38)39/h2,4,6-14,28H,3,5,15-21H2,1H3,(H3,38,39)/t28-/m0/s1. The second-order valence-corrected chi connectivity index (χ2v) is 14.8. The number of sulfonamides is 1. The number of hydrogen-bond donors (Lipinski definition) is 2.